The van der Waals surface area contributed by atoms with Crippen molar-refractivity contribution in [1.82, 2.24) is 9.97 Å². The maximum atomic E-state index is 10.7. The third-order valence-corrected chi connectivity index (χ3v) is 15.1. The summed E-state index contributed by atoms with van der Waals surface area (Å²) in [5.74, 6) is 1.16. The van der Waals surface area contributed by atoms with Crippen molar-refractivity contribution >= 4 is 79.5 Å². The van der Waals surface area contributed by atoms with Gasteiger partial charge in [0.05, 0.1) is 15.8 Å². The first-order valence-electron chi connectivity index (χ1n) is 19.7. The number of halogens is 6. The Labute approximate surface area is 435 Å². The fourth-order valence-corrected chi connectivity index (χ4v) is 10.7. The molecule has 0 atom stereocenters. The van der Waals surface area contributed by atoms with Gasteiger partial charge < -0.3 is 9.11 Å². The summed E-state index contributed by atoms with van der Waals surface area (Å²) in [5, 5.41) is 16.5. The summed E-state index contributed by atoms with van der Waals surface area (Å²) in [5.41, 5.74) is -11.3. The van der Waals surface area contributed by atoms with Crippen molar-refractivity contribution in [2.24, 2.45) is 10.2 Å². The van der Waals surface area contributed by atoms with E-state index in [1.54, 1.807) is 24.5 Å². The zero-order chi connectivity index (χ0) is 49.5. The Bertz CT molecular complexity index is 2530. The molecule has 8 aromatic rings. The summed E-state index contributed by atoms with van der Waals surface area (Å²) < 4.78 is 118. The molecular weight excluding hydrogens is 1180 g/mol. The van der Waals surface area contributed by atoms with Gasteiger partial charge in [0.1, 0.15) is 31.8 Å². The molecule has 0 amide bonds. The standard InChI is InChI=1S/2C18H15P.C10H8N4.2CHF3O3S.2Ag/c2*1-4-10-16(11-5-1)19(17-12-6-2-7-13-17)18-14-8-3-9-15-18;1-3-7-11-9(5-1)13-14-10-6-2-4-8-12-10;2*2-1(3,4)8(5,6)7;;/h2*1-15H;1-8H;2*(H,5,6,7);;/q;;;;;2*+1/b;;14-13+;;;;. The van der Waals surface area contributed by atoms with Gasteiger partial charge in [0, 0.05) is 12.4 Å². The van der Waals surface area contributed by atoms with E-state index in [0.29, 0.717) is 11.6 Å². The van der Waals surface area contributed by atoms with Gasteiger partial charge in [-0.1, -0.05) is 121 Å². The van der Waals surface area contributed by atoms with Gasteiger partial charge in [-0.2, -0.15) is 26.3 Å². The van der Waals surface area contributed by atoms with Crippen molar-refractivity contribution in [3.8, 4) is 0 Å². The number of hydrogen-bond donors (Lipinski definition) is 0. The van der Waals surface area contributed by atoms with Crippen LogP contribution in [0.2, 0.25) is 0 Å². The minimum absolute atomic E-state index is 0. The summed E-state index contributed by atoms with van der Waals surface area (Å²) in [4.78, 5) is 8.01. The Morgan fingerprint density at radius 1 is 0.343 bits per heavy atom. The van der Waals surface area contributed by atoms with Crippen LogP contribution in [0.15, 0.2) is 241 Å². The Hall–Kier alpha value is -5.04. The number of azo groups is 1. The molecule has 0 fully saturated rings. The van der Waals surface area contributed by atoms with Gasteiger partial charge in [0.15, 0.2) is 31.9 Å². The number of benzene rings is 6. The molecule has 0 aliphatic carbocycles. The number of pyridine rings is 2. The summed E-state index contributed by atoms with van der Waals surface area (Å²) in [6.07, 6.45) is 3.35. The summed E-state index contributed by atoms with van der Waals surface area (Å²) in [7, 11) is -13.9. The molecular formula is C48H40Ag2F6N4O6P2S2+2. The van der Waals surface area contributed by atoms with E-state index in [0.717, 1.165) is 0 Å². The van der Waals surface area contributed by atoms with Crippen molar-refractivity contribution in [3.05, 3.63) is 231 Å². The third kappa shape index (κ3) is 21.5. The number of aromatic nitrogens is 2. The second-order valence-electron chi connectivity index (χ2n) is 13.3. The third-order valence-electron chi connectivity index (χ3n) is 8.50. The molecule has 0 aliphatic rings. The molecule has 0 N–H and O–H groups in total. The van der Waals surface area contributed by atoms with Gasteiger partial charge in [-0.05, 0) is 97.1 Å². The predicted octanol–water partition coefficient (Wildman–Crippen LogP) is 9.34. The normalized spacial score (nSPS) is 11.1. The molecule has 0 bridgehead atoms. The van der Waals surface area contributed by atoms with Crippen LogP contribution in [0.5, 0.6) is 0 Å². The molecule has 6 aromatic carbocycles. The molecule has 8 rings (SSSR count). The maximum absolute atomic E-state index is 10.7. The van der Waals surface area contributed by atoms with Crippen molar-refractivity contribution in [2.75, 3.05) is 0 Å². The van der Waals surface area contributed by atoms with Gasteiger partial charge in [-0.15, -0.1) is 10.2 Å². The topological polar surface area (TPSA) is 165 Å². The van der Waals surface area contributed by atoms with Crippen LogP contribution in [0.4, 0.5) is 38.0 Å². The molecule has 2 aromatic heterocycles. The van der Waals surface area contributed by atoms with Crippen LogP contribution in [-0.2, 0) is 65.0 Å². The minimum atomic E-state index is -6.09. The van der Waals surface area contributed by atoms with E-state index in [-0.39, 0.29) is 44.8 Å². The first-order valence-corrected chi connectivity index (χ1v) is 25.5. The Morgan fingerprint density at radius 3 is 0.657 bits per heavy atom. The molecule has 0 spiro atoms. The average Bonchev–Trinajstić information content (AvgIpc) is 3.33. The number of rotatable bonds is 8. The number of nitrogens with zero attached hydrogens (tertiary/aromatic N) is 4. The average molecular weight is 1220 g/mol. The van der Waals surface area contributed by atoms with Crippen LogP contribution in [-0.4, -0.2) is 46.9 Å². The predicted molar refractivity (Wildman–Crippen MR) is 257 cm³/mol. The Balaban J connectivity index is 0.000000312. The number of alkyl halides is 6. The second kappa shape index (κ2) is 30.6. The fourth-order valence-electron chi connectivity index (χ4n) is 5.56. The first-order chi connectivity index (χ1) is 32.3. The largest absolute Gasteiger partial charge is 1.00 e. The van der Waals surface area contributed by atoms with Crippen LogP contribution >= 0.6 is 15.8 Å². The minimum Gasteiger partial charge on any atom is -0.741 e. The van der Waals surface area contributed by atoms with Crippen LogP contribution in [0.25, 0.3) is 0 Å². The zero-order valence-corrected chi connectivity index (χ0v) is 42.5. The van der Waals surface area contributed by atoms with Crippen LogP contribution in [0.3, 0.4) is 0 Å². The molecule has 22 heteroatoms. The zero-order valence-electron chi connectivity index (χ0n) is 35.9. The van der Waals surface area contributed by atoms with E-state index >= 15 is 0 Å². The quantitative estimate of drug-likeness (QED) is 0.0363. The summed E-state index contributed by atoms with van der Waals surface area (Å²) in [6.45, 7) is 0. The molecule has 372 valence electrons. The van der Waals surface area contributed by atoms with E-state index in [9.17, 15) is 26.3 Å². The molecule has 0 radical (unpaired) electrons. The summed E-state index contributed by atoms with van der Waals surface area (Å²) >= 11 is 0. The van der Waals surface area contributed by atoms with Crippen molar-refractivity contribution in [2.45, 2.75) is 11.0 Å². The summed E-state index contributed by atoms with van der Waals surface area (Å²) in [6, 6.07) is 76.0. The fraction of sp³-hybridized carbons (Fsp3) is 0.0417. The maximum Gasteiger partial charge on any atom is 1.00 e. The van der Waals surface area contributed by atoms with Crippen molar-refractivity contribution in [3.63, 3.8) is 0 Å². The van der Waals surface area contributed by atoms with Gasteiger partial charge in [0.2, 0.25) is 0 Å². The molecule has 2 heterocycles. The van der Waals surface area contributed by atoms with Crippen LogP contribution in [0, 0.1) is 0 Å². The Morgan fingerprint density at radius 2 is 0.514 bits per heavy atom. The molecule has 0 saturated carbocycles. The molecule has 0 saturated heterocycles. The van der Waals surface area contributed by atoms with Crippen molar-refractivity contribution in [1.29, 1.82) is 0 Å². The van der Waals surface area contributed by atoms with Gasteiger partial charge >= 0.3 is 55.8 Å². The van der Waals surface area contributed by atoms with E-state index in [1.165, 1.54) is 31.8 Å². The van der Waals surface area contributed by atoms with Gasteiger partial charge in [0.25, 0.3) is 0 Å². The van der Waals surface area contributed by atoms with E-state index in [4.69, 9.17) is 25.9 Å². The van der Waals surface area contributed by atoms with Gasteiger partial charge in [-0.3, -0.25) is 0 Å². The SMILES string of the molecule is O=S(=O)([O-])C(F)(F)F.O=S(=O)([O-])C(F)(F)F.[Ag+].[Ag+].c1ccc(/N=N/c2ccccn2)nc1.c1ccc([PH+](c2ccccc2)c2ccccc2)cc1.c1ccc([PH+](c2ccccc2)c2ccccc2)cc1. The molecule has 10 nitrogen and oxygen atoms in total. The van der Waals surface area contributed by atoms with Gasteiger partial charge in [-0.25, -0.2) is 26.8 Å². The molecule has 70 heavy (non-hydrogen) atoms. The van der Waals surface area contributed by atoms with Crippen molar-refractivity contribution < 1.29 is 97.0 Å². The van der Waals surface area contributed by atoms with Crippen LogP contribution < -0.4 is 31.8 Å². The Kier molecular flexibility index (Phi) is 26.7. The monoisotopic (exact) mass is 1220 g/mol. The first kappa shape index (κ1) is 61.1. The molecule has 0 aliphatic heterocycles. The smallest absolute Gasteiger partial charge is 0.741 e. The second-order valence-corrected chi connectivity index (χ2v) is 21.0. The van der Waals surface area contributed by atoms with Crippen LogP contribution in [0.1, 0.15) is 0 Å². The van der Waals surface area contributed by atoms with E-state index in [2.05, 4.69) is 202 Å². The van der Waals surface area contributed by atoms with E-state index in [1.807, 2.05) is 24.3 Å². The number of hydrogen-bond acceptors (Lipinski definition) is 10. The van der Waals surface area contributed by atoms with E-state index < -0.39 is 47.1 Å². The molecule has 0 unspecified atom stereocenters.